The second kappa shape index (κ2) is 9.12. The molecular formula is C21H22FN3O3. The van der Waals surface area contributed by atoms with Crippen molar-refractivity contribution in [2.45, 2.75) is 32.7 Å². The molecule has 2 aromatic carbocycles. The third kappa shape index (κ3) is 5.39. The van der Waals surface area contributed by atoms with Gasteiger partial charge in [0.25, 0.3) is 0 Å². The van der Waals surface area contributed by atoms with Crippen molar-refractivity contribution >= 4 is 5.91 Å². The first-order valence-electron chi connectivity index (χ1n) is 9.09. The first kappa shape index (κ1) is 19.5. The molecule has 0 aliphatic heterocycles. The second-order valence-corrected chi connectivity index (χ2v) is 6.52. The molecule has 0 fully saturated rings. The van der Waals surface area contributed by atoms with Crippen molar-refractivity contribution in [3.8, 4) is 17.1 Å². The Bertz CT molecular complexity index is 925. The van der Waals surface area contributed by atoms with Gasteiger partial charge in [-0.15, -0.1) is 0 Å². The number of hydrogen-bond donors (Lipinski definition) is 1. The molecule has 1 heterocycles. The number of nitrogens with one attached hydrogen (secondary N) is 1. The van der Waals surface area contributed by atoms with Crippen molar-refractivity contribution in [3.63, 3.8) is 0 Å². The average Bonchev–Trinajstić information content (AvgIpc) is 3.16. The Morgan fingerprint density at radius 1 is 1.25 bits per heavy atom. The number of nitrogens with zero attached hydrogens (tertiary/aromatic N) is 2. The van der Waals surface area contributed by atoms with Crippen LogP contribution in [0.4, 0.5) is 4.39 Å². The largest absolute Gasteiger partial charge is 0.494 e. The lowest BCUT2D eigenvalue weighted by atomic mass is 10.2. The third-order valence-corrected chi connectivity index (χ3v) is 4.10. The zero-order chi connectivity index (χ0) is 19.9. The maximum atomic E-state index is 13.0. The molecule has 0 spiro atoms. The minimum atomic E-state index is -0.424. The van der Waals surface area contributed by atoms with Gasteiger partial charge >= 0.3 is 0 Å². The van der Waals surface area contributed by atoms with E-state index >= 15 is 0 Å². The smallest absolute Gasteiger partial charge is 0.249 e. The maximum Gasteiger partial charge on any atom is 0.249 e. The van der Waals surface area contributed by atoms with Gasteiger partial charge in [0.15, 0.2) is 0 Å². The van der Waals surface area contributed by atoms with E-state index in [1.807, 2.05) is 31.2 Å². The van der Waals surface area contributed by atoms with Crippen molar-refractivity contribution in [3.05, 3.63) is 65.8 Å². The summed E-state index contributed by atoms with van der Waals surface area (Å²) in [5, 5.41) is 6.71. The molecule has 0 saturated heterocycles. The summed E-state index contributed by atoms with van der Waals surface area (Å²) in [6, 6.07) is 13.2. The molecule has 0 saturated carbocycles. The molecule has 3 rings (SSSR count). The summed E-state index contributed by atoms with van der Waals surface area (Å²) in [6.07, 6.45) is 0.923. The highest BCUT2D eigenvalue weighted by Crippen LogP contribution is 2.19. The van der Waals surface area contributed by atoms with E-state index in [0.717, 1.165) is 11.3 Å². The molecule has 0 aliphatic rings. The highest BCUT2D eigenvalue weighted by atomic mass is 19.1. The van der Waals surface area contributed by atoms with Gasteiger partial charge in [0, 0.05) is 12.0 Å². The molecule has 1 atom stereocenters. The molecule has 1 amide bonds. The Kier molecular flexibility index (Phi) is 6.37. The number of aromatic nitrogens is 2. The van der Waals surface area contributed by atoms with Crippen LogP contribution in [0.5, 0.6) is 5.75 Å². The van der Waals surface area contributed by atoms with E-state index in [4.69, 9.17) is 9.26 Å². The zero-order valence-corrected chi connectivity index (χ0v) is 15.8. The molecule has 0 aliphatic carbocycles. The van der Waals surface area contributed by atoms with Gasteiger partial charge in [0.05, 0.1) is 6.61 Å². The lowest BCUT2D eigenvalue weighted by Crippen LogP contribution is -2.27. The Morgan fingerprint density at radius 3 is 2.79 bits per heavy atom. The van der Waals surface area contributed by atoms with Crippen molar-refractivity contribution in [2.75, 3.05) is 6.61 Å². The summed E-state index contributed by atoms with van der Waals surface area (Å²) < 4.78 is 23.9. The van der Waals surface area contributed by atoms with E-state index in [0.29, 0.717) is 36.7 Å². The van der Waals surface area contributed by atoms with Crippen molar-refractivity contribution in [1.82, 2.24) is 15.5 Å². The number of hydrogen-bond acceptors (Lipinski definition) is 5. The summed E-state index contributed by atoms with van der Waals surface area (Å²) in [7, 11) is 0. The highest BCUT2D eigenvalue weighted by molar-refractivity contribution is 5.76. The molecule has 1 aromatic heterocycles. The van der Waals surface area contributed by atoms with E-state index in [1.54, 1.807) is 19.1 Å². The summed E-state index contributed by atoms with van der Waals surface area (Å²) in [5.41, 5.74) is 1.77. The third-order valence-electron chi connectivity index (χ3n) is 4.10. The van der Waals surface area contributed by atoms with Crippen LogP contribution in [0.2, 0.25) is 0 Å². The predicted molar refractivity (Wildman–Crippen MR) is 102 cm³/mol. The van der Waals surface area contributed by atoms with Gasteiger partial charge in [0.1, 0.15) is 17.6 Å². The van der Waals surface area contributed by atoms with Crippen LogP contribution >= 0.6 is 0 Å². The van der Waals surface area contributed by atoms with Crippen LogP contribution in [-0.4, -0.2) is 22.7 Å². The minimum Gasteiger partial charge on any atom is -0.494 e. The van der Waals surface area contributed by atoms with Gasteiger partial charge in [-0.1, -0.05) is 17.3 Å². The van der Waals surface area contributed by atoms with Crippen LogP contribution in [0.3, 0.4) is 0 Å². The van der Waals surface area contributed by atoms with Crippen LogP contribution in [0.25, 0.3) is 11.4 Å². The molecule has 146 valence electrons. The Labute approximate surface area is 162 Å². The summed E-state index contributed by atoms with van der Waals surface area (Å²) >= 11 is 0. The molecule has 1 N–H and O–H groups in total. The second-order valence-electron chi connectivity index (χ2n) is 6.52. The van der Waals surface area contributed by atoms with Gasteiger partial charge in [-0.3, -0.25) is 4.79 Å². The fourth-order valence-electron chi connectivity index (χ4n) is 2.63. The normalized spacial score (nSPS) is 11.8. The van der Waals surface area contributed by atoms with Crippen LogP contribution in [-0.2, 0) is 4.79 Å². The summed E-state index contributed by atoms with van der Waals surface area (Å²) in [4.78, 5) is 16.4. The molecular weight excluding hydrogens is 361 g/mol. The van der Waals surface area contributed by atoms with Gasteiger partial charge in [-0.2, -0.15) is 4.98 Å². The van der Waals surface area contributed by atoms with Crippen molar-refractivity contribution < 1.29 is 18.4 Å². The van der Waals surface area contributed by atoms with Gasteiger partial charge in [0.2, 0.25) is 17.6 Å². The predicted octanol–water partition coefficient (Wildman–Crippen LogP) is 4.22. The highest BCUT2D eigenvalue weighted by Gasteiger charge is 2.17. The lowest BCUT2D eigenvalue weighted by Gasteiger charge is -2.10. The lowest BCUT2D eigenvalue weighted by molar-refractivity contribution is -0.122. The Hall–Kier alpha value is -3.22. The van der Waals surface area contributed by atoms with E-state index in [2.05, 4.69) is 15.5 Å². The number of rotatable bonds is 8. The average molecular weight is 383 g/mol. The van der Waals surface area contributed by atoms with Crippen LogP contribution in [0.1, 0.15) is 37.3 Å². The number of carbonyl (C=O) groups excluding carboxylic acids is 1. The van der Waals surface area contributed by atoms with E-state index < -0.39 is 6.04 Å². The molecule has 0 bridgehead atoms. The van der Waals surface area contributed by atoms with Gasteiger partial charge in [-0.05, 0) is 62.2 Å². The molecule has 3 aromatic rings. The molecule has 6 nitrogen and oxygen atoms in total. The summed E-state index contributed by atoms with van der Waals surface area (Å²) in [5.74, 6) is 0.987. The van der Waals surface area contributed by atoms with Crippen LogP contribution in [0.15, 0.2) is 53.1 Å². The monoisotopic (exact) mass is 383 g/mol. The van der Waals surface area contributed by atoms with Gasteiger partial charge < -0.3 is 14.6 Å². The first-order chi connectivity index (χ1) is 13.5. The van der Waals surface area contributed by atoms with Crippen LogP contribution in [0, 0.1) is 12.7 Å². The minimum absolute atomic E-state index is 0.123. The fraction of sp³-hybridized carbons (Fsp3) is 0.286. The zero-order valence-electron chi connectivity index (χ0n) is 15.8. The fourth-order valence-corrected chi connectivity index (χ4v) is 2.63. The number of halogens is 1. The first-order valence-corrected chi connectivity index (χ1v) is 9.09. The SMILES string of the molecule is Cc1cccc(OCCCC(=O)NC(C)c2nc(-c3ccc(F)cc3)no2)c1. The van der Waals surface area contributed by atoms with Crippen molar-refractivity contribution in [1.29, 1.82) is 0 Å². The number of aryl methyl sites for hydroxylation is 1. The molecule has 7 heteroatoms. The number of ether oxygens (including phenoxy) is 1. The number of amides is 1. The van der Waals surface area contributed by atoms with Crippen molar-refractivity contribution in [2.24, 2.45) is 0 Å². The molecule has 1 unspecified atom stereocenters. The van der Waals surface area contributed by atoms with E-state index in [9.17, 15) is 9.18 Å². The van der Waals surface area contributed by atoms with E-state index in [-0.39, 0.29) is 11.7 Å². The Morgan fingerprint density at radius 2 is 2.04 bits per heavy atom. The maximum absolute atomic E-state index is 13.0. The quantitative estimate of drug-likeness (QED) is 0.589. The van der Waals surface area contributed by atoms with Crippen LogP contribution < -0.4 is 10.1 Å². The molecule has 28 heavy (non-hydrogen) atoms. The number of benzene rings is 2. The number of carbonyl (C=O) groups is 1. The Balaban J connectivity index is 1.44. The standard InChI is InChI=1S/C21H22FN3O3/c1-14-5-3-6-18(13-14)27-12-4-7-19(26)23-15(2)21-24-20(25-28-21)16-8-10-17(22)11-9-16/h3,5-6,8-11,13,15H,4,7,12H2,1-2H3,(H,23,26). The summed E-state index contributed by atoms with van der Waals surface area (Å²) in [6.45, 7) is 4.23. The topological polar surface area (TPSA) is 77.2 Å². The van der Waals surface area contributed by atoms with Gasteiger partial charge in [-0.25, -0.2) is 4.39 Å². The van der Waals surface area contributed by atoms with E-state index in [1.165, 1.54) is 12.1 Å². The molecule has 0 radical (unpaired) electrons.